The highest BCUT2D eigenvalue weighted by atomic mass is 79.9. The number of halogens is 1. The van der Waals surface area contributed by atoms with Gasteiger partial charge in [0.2, 0.25) is 12.3 Å². The normalized spacial score (nSPS) is 11.0. The van der Waals surface area contributed by atoms with Gasteiger partial charge in [-0.15, -0.1) is 21.5 Å². The minimum Gasteiger partial charge on any atom is -0.423 e. The van der Waals surface area contributed by atoms with Crippen LogP contribution in [-0.2, 0) is 4.79 Å². The average molecular weight is 377 g/mol. The van der Waals surface area contributed by atoms with Crippen LogP contribution >= 0.6 is 27.3 Å². The number of thiophene rings is 1. The zero-order valence-corrected chi connectivity index (χ0v) is 13.5. The summed E-state index contributed by atoms with van der Waals surface area (Å²) < 4.78 is 11.3. The van der Waals surface area contributed by atoms with Crippen molar-refractivity contribution in [1.29, 1.82) is 0 Å². The minimum atomic E-state index is -0.435. The van der Waals surface area contributed by atoms with Gasteiger partial charge in [0.15, 0.2) is 0 Å². The smallest absolute Gasteiger partial charge is 0.336 e. The molecule has 0 aliphatic rings. The van der Waals surface area contributed by atoms with Crippen molar-refractivity contribution in [2.24, 2.45) is 0 Å². The van der Waals surface area contributed by atoms with E-state index in [4.69, 9.17) is 9.15 Å². The number of rotatable bonds is 4. The van der Waals surface area contributed by atoms with Crippen molar-refractivity contribution in [2.45, 2.75) is 0 Å². The Labute approximate surface area is 138 Å². The first-order valence-electron chi connectivity index (χ1n) is 6.22. The van der Waals surface area contributed by atoms with Crippen LogP contribution in [-0.4, -0.2) is 16.2 Å². The van der Waals surface area contributed by atoms with E-state index in [0.717, 1.165) is 14.2 Å². The third kappa shape index (κ3) is 3.69. The molecule has 2 aromatic heterocycles. The lowest BCUT2D eigenvalue weighted by Crippen LogP contribution is -2.03. The molecule has 7 heteroatoms. The van der Waals surface area contributed by atoms with Crippen molar-refractivity contribution >= 4 is 39.3 Å². The van der Waals surface area contributed by atoms with Crippen LogP contribution in [0.15, 0.2) is 57.1 Å². The highest BCUT2D eigenvalue weighted by Gasteiger charge is 2.05. The molecule has 0 unspecified atom stereocenters. The van der Waals surface area contributed by atoms with Gasteiger partial charge >= 0.3 is 5.97 Å². The molecule has 0 fully saturated rings. The van der Waals surface area contributed by atoms with Gasteiger partial charge in [-0.3, -0.25) is 0 Å². The molecule has 5 nitrogen and oxygen atoms in total. The Morgan fingerprint density at radius 2 is 2.05 bits per heavy atom. The molecule has 110 valence electrons. The molecule has 2 heterocycles. The van der Waals surface area contributed by atoms with E-state index in [1.54, 1.807) is 30.3 Å². The van der Waals surface area contributed by atoms with Gasteiger partial charge in [-0.1, -0.05) is 0 Å². The molecule has 0 radical (unpaired) electrons. The Morgan fingerprint density at radius 3 is 2.68 bits per heavy atom. The lowest BCUT2D eigenvalue weighted by atomic mass is 10.2. The standard InChI is InChI=1S/C15H9BrN2O3S/c16-13-7-5-12(22-13)6-8-14(19)21-11-3-1-10(2-4-11)15-18-17-9-20-15/h1-9H. The fourth-order valence-corrected chi connectivity index (χ4v) is 3.01. The summed E-state index contributed by atoms with van der Waals surface area (Å²) in [4.78, 5) is 12.7. The Bertz CT molecular complexity index is 795. The first kappa shape index (κ1) is 14.7. The summed E-state index contributed by atoms with van der Waals surface area (Å²) in [5.74, 6) is 0.432. The van der Waals surface area contributed by atoms with Gasteiger partial charge in [0, 0.05) is 16.5 Å². The van der Waals surface area contributed by atoms with Crippen LogP contribution in [0.25, 0.3) is 17.5 Å². The van der Waals surface area contributed by atoms with Crippen LogP contribution in [0, 0.1) is 0 Å². The summed E-state index contributed by atoms with van der Waals surface area (Å²) >= 11 is 4.90. The quantitative estimate of drug-likeness (QED) is 0.388. The molecule has 0 spiro atoms. The van der Waals surface area contributed by atoms with E-state index in [2.05, 4.69) is 26.1 Å². The molecule has 0 N–H and O–H groups in total. The van der Waals surface area contributed by atoms with E-state index >= 15 is 0 Å². The zero-order valence-electron chi connectivity index (χ0n) is 11.1. The molecule has 22 heavy (non-hydrogen) atoms. The summed E-state index contributed by atoms with van der Waals surface area (Å²) in [6, 6.07) is 10.7. The molecule has 0 amide bonds. The van der Waals surface area contributed by atoms with E-state index in [1.807, 2.05) is 12.1 Å². The van der Waals surface area contributed by atoms with E-state index in [-0.39, 0.29) is 0 Å². The largest absolute Gasteiger partial charge is 0.423 e. The number of carbonyl (C=O) groups is 1. The Hall–Kier alpha value is -2.25. The van der Waals surface area contributed by atoms with Crippen LogP contribution in [0.5, 0.6) is 5.75 Å². The van der Waals surface area contributed by atoms with Gasteiger partial charge in [0.05, 0.1) is 3.79 Å². The number of benzene rings is 1. The average Bonchev–Trinajstić information content (AvgIpc) is 3.17. The first-order valence-corrected chi connectivity index (χ1v) is 7.83. The van der Waals surface area contributed by atoms with E-state index < -0.39 is 5.97 Å². The van der Waals surface area contributed by atoms with Crippen LogP contribution in [0.2, 0.25) is 0 Å². The molecular formula is C15H9BrN2O3S. The number of nitrogens with zero attached hydrogens (tertiary/aromatic N) is 2. The highest BCUT2D eigenvalue weighted by Crippen LogP contribution is 2.23. The highest BCUT2D eigenvalue weighted by molar-refractivity contribution is 9.11. The maximum absolute atomic E-state index is 11.7. The monoisotopic (exact) mass is 376 g/mol. The van der Waals surface area contributed by atoms with Crippen molar-refractivity contribution in [3.8, 4) is 17.2 Å². The maximum atomic E-state index is 11.7. The van der Waals surface area contributed by atoms with Gasteiger partial charge in [-0.25, -0.2) is 4.79 Å². The first-order chi connectivity index (χ1) is 10.7. The van der Waals surface area contributed by atoms with Gasteiger partial charge in [0.25, 0.3) is 0 Å². The molecule has 1 aromatic carbocycles. The fraction of sp³-hybridized carbons (Fsp3) is 0. The van der Waals surface area contributed by atoms with E-state index in [9.17, 15) is 4.79 Å². The molecule has 0 aliphatic heterocycles. The Balaban J connectivity index is 1.63. The molecule has 3 aromatic rings. The predicted octanol–water partition coefficient (Wildman–Crippen LogP) is 4.18. The van der Waals surface area contributed by atoms with Crippen LogP contribution in [0.3, 0.4) is 0 Å². The van der Waals surface area contributed by atoms with Gasteiger partial charge in [-0.2, -0.15) is 0 Å². The molecular weight excluding hydrogens is 368 g/mol. The lowest BCUT2D eigenvalue weighted by Gasteiger charge is -2.01. The third-order valence-corrected chi connectivity index (χ3v) is 4.25. The van der Waals surface area contributed by atoms with E-state index in [1.165, 1.54) is 23.8 Å². The number of carbonyl (C=O) groups excluding carboxylic acids is 1. The van der Waals surface area contributed by atoms with Crippen molar-refractivity contribution in [3.63, 3.8) is 0 Å². The van der Waals surface area contributed by atoms with Crippen molar-refractivity contribution < 1.29 is 13.9 Å². The molecule has 3 rings (SSSR count). The predicted molar refractivity (Wildman–Crippen MR) is 86.4 cm³/mol. The third-order valence-electron chi connectivity index (χ3n) is 2.66. The van der Waals surface area contributed by atoms with E-state index in [0.29, 0.717) is 11.6 Å². The number of hydrogen-bond acceptors (Lipinski definition) is 6. The fourth-order valence-electron chi connectivity index (χ4n) is 1.68. The topological polar surface area (TPSA) is 65.2 Å². The molecule has 0 saturated carbocycles. The van der Waals surface area contributed by atoms with Crippen molar-refractivity contribution in [2.75, 3.05) is 0 Å². The summed E-state index contributed by atoms with van der Waals surface area (Å²) in [5, 5.41) is 7.41. The second-order valence-corrected chi connectivity index (χ2v) is 6.66. The summed E-state index contributed by atoms with van der Waals surface area (Å²) in [6.45, 7) is 0. The van der Waals surface area contributed by atoms with Crippen LogP contribution in [0.4, 0.5) is 0 Å². The molecule has 0 saturated heterocycles. The lowest BCUT2D eigenvalue weighted by molar-refractivity contribution is -0.128. The zero-order chi connectivity index (χ0) is 15.4. The minimum absolute atomic E-state index is 0.418. The number of aromatic nitrogens is 2. The van der Waals surface area contributed by atoms with Gasteiger partial charge in [0.1, 0.15) is 5.75 Å². The second-order valence-electron chi connectivity index (χ2n) is 4.16. The number of ether oxygens (including phenoxy) is 1. The summed E-state index contributed by atoms with van der Waals surface area (Å²) in [6.07, 6.45) is 4.37. The maximum Gasteiger partial charge on any atom is 0.336 e. The van der Waals surface area contributed by atoms with Gasteiger partial charge in [-0.05, 0) is 58.4 Å². The van der Waals surface area contributed by atoms with Gasteiger partial charge < -0.3 is 9.15 Å². The van der Waals surface area contributed by atoms with Crippen LogP contribution < -0.4 is 4.74 Å². The van der Waals surface area contributed by atoms with Crippen LogP contribution in [0.1, 0.15) is 4.88 Å². The Morgan fingerprint density at radius 1 is 1.23 bits per heavy atom. The van der Waals surface area contributed by atoms with Crippen molar-refractivity contribution in [3.05, 3.63) is 57.5 Å². The summed E-state index contributed by atoms with van der Waals surface area (Å²) in [7, 11) is 0. The number of hydrogen-bond donors (Lipinski definition) is 0. The Kier molecular flexibility index (Phi) is 4.45. The second kappa shape index (κ2) is 6.67. The van der Waals surface area contributed by atoms with Crippen molar-refractivity contribution in [1.82, 2.24) is 10.2 Å². The molecule has 0 aliphatic carbocycles. The SMILES string of the molecule is O=C(C=Cc1ccc(Br)s1)Oc1ccc(-c2nnco2)cc1. The molecule has 0 bridgehead atoms. The molecule has 0 atom stereocenters. The summed E-state index contributed by atoms with van der Waals surface area (Å²) in [5.41, 5.74) is 0.760. The number of esters is 1.